The standard InChI is InChI=1S/C11H22N2O3/c1-11(2,10(14)15-3)8-13-4-5-16-9(6-12)7-13/h9H,4-8,12H2,1-3H3. The van der Waals surface area contributed by atoms with Crippen molar-refractivity contribution in [2.45, 2.75) is 20.0 Å². The number of hydrogen-bond donors (Lipinski definition) is 1. The highest BCUT2D eigenvalue weighted by atomic mass is 16.5. The van der Waals surface area contributed by atoms with Gasteiger partial charge in [-0.2, -0.15) is 0 Å². The summed E-state index contributed by atoms with van der Waals surface area (Å²) in [7, 11) is 1.42. The summed E-state index contributed by atoms with van der Waals surface area (Å²) in [5.41, 5.74) is 5.09. The molecule has 0 aromatic heterocycles. The van der Waals surface area contributed by atoms with Crippen molar-refractivity contribution < 1.29 is 14.3 Å². The van der Waals surface area contributed by atoms with Gasteiger partial charge >= 0.3 is 5.97 Å². The van der Waals surface area contributed by atoms with E-state index in [9.17, 15) is 4.79 Å². The lowest BCUT2D eigenvalue weighted by atomic mass is 9.92. The first-order valence-corrected chi connectivity index (χ1v) is 5.62. The first-order valence-electron chi connectivity index (χ1n) is 5.62. The summed E-state index contributed by atoms with van der Waals surface area (Å²) in [6, 6.07) is 0. The molecule has 0 bridgehead atoms. The zero-order valence-electron chi connectivity index (χ0n) is 10.4. The molecule has 16 heavy (non-hydrogen) atoms. The minimum Gasteiger partial charge on any atom is -0.469 e. The lowest BCUT2D eigenvalue weighted by molar-refractivity contribution is -0.152. The van der Waals surface area contributed by atoms with Crippen LogP contribution in [0, 0.1) is 5.41 Å². The Morgan fingerprint density at radius 1 is 1.62 bits per heavy atom. The fourth-order valence-electron chi connectivity index (χ4n) is 1.97. The van der Waals surface area contributed by atoms with Gasteiger partial charge in [-0.05, 0) is 13.8 Å². The second-order valence-electron chi connectivity index (χ2n) is 4.84. The zero-order valence-corrected chi connectivity index (χ0v) is 10.4. The van der Waals surface area contributed by atoms with E-state index in [1.807, 2.05) is 13.8 Å². The monoisotopic (exact) mass is 230 g/mol. The third-order valence-electron chi connectivity index (χ3n) is 2.84. The van der Waals surface area contributed by atoms with E-state index >= 15 is 0 Å². The van der Waals surface area contributed by atoms with Crippen LogP contribution in [0.3, 0.4) is 0 Å². The summed E-state index contributed by atoms with van der Waals surface area (Å²) in [5.74, 6) is -0.178. The first-order chi connectivity index (χ1) is 7.49. The van der Waals surface area contributed by atoms with Gasteiger partial charge in [0.15, 0.2) is 0 Å². The highest BCUT2D eigenvalue weighted by Crippen LogP contribution is 2.20. The van der Waals surface area contributed by atoms with Gasteiger partial charge in [-0.15, -0.1) is 0 Å². The molecule has 0 amide bonds. The predicted molar refractivity (Wildman–Crippen MR) is 61.0 cm³/mol. The number of nitrogens with two attached hydrogens (primary N) is 1. The minimum atomic E-state index is -0.481. The van der Waals surface area contributed by atoms with Crippen molar-refractivity contribution in [1.29, 1.82) is 0 Å². The summed E-state index contributed by atoms with van der Waals surface area (Å²) < 4.78 is 10.3. The second kappa shape index (κ2) is 5.61. The molecular formula is C11H22N2O3. The van der Waals surface area contributed by atoms with E-state index in [0.29, 0.717) is 19.7 Å². The van der Waals surface area contributed by atoms with E-state index in [1.54, 1.807) is 0 Å². The molecule has 1 saturated heterocycles. The molecule has 94 valence electrons. The third kappa shape index (κ3) is 3.43. The summed E-state index contributed by atoms with van der Waals surface area (Å²) in [6.45, 7) is 7.30. The molecule has 0 saturated carbocycles. The van der Waals surface area contributed by atoms with Crippen molar-refractivity contribution >= 4 is 5.97 Å². The zero-order chi connectivity index (χ0) is 12.2. The Balaban J connectivity index is 2.49. The van der Waals surface area contributed by atoms with Gasteiger partial charge in [-0.3, -0.25) is 9.69 Å². The molecule has 5 nitrogen and oxygen atoms in total. The van der Waals surface area contributed by atoms with Crippen molar-refractivity contribution in [2.24, 2.45) is 11.1 Å². The summed E-state index contributed by atoms with van der Waals surface area (Å²) in [5, 5.41) is 0. The number of ether oxygens (including phenoxy) is 2. The Hall–Kier alpha value is -0.650. The highest BCUT2D eigenvalue weighted by molar-refractivity contribution is 5.76. The van der Waals surface area contributed by atoms with Gasteiger partial charge in [0.25, 0.3) is 0 Å². The number of carbonyl (C=O) groups excluding carboxylic acids is 1. The van der Waals surface area contributed by atoms with Crippen molar-refractivity contribution in [2.75, 3.05) is 39.9 Å². The first kappa shape index (κ1) is 13.4. The lowest BCUT2D eigenvalue weighted by Gasteiger charge is -2.36. The summed E-state index contributed by atoms with van der Waals surface area (Å²) in [4.78, 5) is 13.8. The largest absolute Gasteiger partial charge is 0.469 e. The normalized spacial score (nSPS) is 23.1. The van der Waals surface area contributed by atoms with Crippen LogP contribution in [0.5, 0.6) is 0 Å². The van der Waals surface area contributed by atoms with E-state index in [4.69, 9.17) is 15.2 Å². The van der Waals surface area contributed by atoms with Gasteiger partial charge in [0, 0.05) is 26.2 Å². The van der Waals surface area contributed by atoms with E-state index in [2.05, 4.69) is 4.90 Å². The average molecular weight is 230 g/mol. The molecule has 2 N–H and O–H groups in total. The molecule has 1 unspecified atom stereocenters. The van der Waals surface area contributed by atoms with E-state index in [1.165, 1.54) is 7.11 Å². The van der Waals surface area contributed by atoms with Crippen molar-refractivity contribution in [3.8, 4) is 0 Å². The number of morpholine rings is 1. The maximum absolute atomic E-state index is 11.6. The Morgan fingerprint density at radius 3 is 2.88 bits per heavy atom. The molecule has 0 spiro atoms. The molecular weight excluding hydrogens is 208 g/mol. The Kier molecular flexibility index (Phi) is 4.70. The van der Waals surface area contributed by atoms with Crippen LogP contribution >= 0.6 is 0 Å². The van der Waals surface area contributed by atoms with Crippen LogP contribution in [0.4, 0.5) is 0 Å². The Labute approximate surface area is 96.9 Å². The molecule has 0 aromatic carbocycles. The second-order valence-corrected chi connectivity index (χ2v) is 4.84. The smallest absolute Gasteiger partial charge is 0.312 e. The molecule has 0 aromatic rings. The SMILES string of the molecule is COC(=O)C(C)(C)CN1CCOC(CN)C1. The van der Waals surface area contributed by atoms with Crippen molar-refractivity contribution in [1.82, 2.24) is 4.90 Å². The van der Waals surface area contributed by atoms with Crippen LogP contribution in [0.25, 0.3) is 0 Å². The molecule has 1 aliphatic heterocycles. The van der Waals surface area contributed by atoms with Crippen LogP contribution in [0.1, 0.15) is 13.8 Å². The number of rotatable bonds is 4. The van der Waals surface area contributed by atoms with Crippen LogP contribution in [-0.4, -0.2) is 56.9 Å². The fraction of sp³-hybridized carbons (Fsp3) is 0.909. The topological polar surface area (TPSA) is 64.8 Å². The van der Waals surface area contributed by atoms with Crippen LogP contribution in [-0.2, 0) is 14.3 Å². The van der Waals surface area contributed by atoms with Crippen LogP contribution in [0.15, 0.2) is 0 Å². The van der Waals surface area contributed by atoms with Crippen LogP contribution < -0.4 is 5.73 Å². The maximum Gasteiger partial charge on any atom is 0.312 e. The van der Waals surface area contributed by atoms with E-state index in [-0.39, 0.29) is 12.1 Å². The maximum atomic E-state index is 11.6. The summed E-state index contributed by atoms with van der Waals surface area (Å²) in [6.07, 6.45) is 0.0854. The number of carbonyl (C=O) groups is 1. The molecule has 1 atom stereocenters. The lowest BCUT2D eigenvalue weighted by Crippen LogP contribution is -2.50. The Bertz CT molecular complexity index is 243. The van der Waals surface area contributed by atoms with E-state index in [0.717, 1.165) is 13.1 Å². The van der Waals surface area contributed by atoms with Crippen LogP contribution in [0.2, 0.25) is 0 Å². The highest BCUT2D eigenvalue weighted by Gasteiger charge is 2.32. The van der Waals surface area contributed by atoms with Gasteiger partial charge in [0.1, 0.15) is 0 Å². The van der Waals surface area contributed by atoms with Gasteiger partial charge < -0.3 is 15.2 Å². The van der Waals surface area contributed by atoms with Crippen molar-refractivity contribution in [3.63, 3.8) is 0 Å². The molecule has 1 aliphatic rings. The minimum absolute atomic E-state index is 0.0854. The number of nitrogens with zero attached hydrogens (tertiary/aromatic N) is 1. The average Bonchev–Trinajstić information content (AvgIpc) is 2.27. The predicted octanol–water partition coefficient (Wildman–Crippen LogP) is -0.155. The summed E-state index contributed by atoms with van der Waals surface area (Å²) >= 11 is 0. The molecule has 5 heteroatoms. The molecule has 1 heterocycles. The quantitative estimate of drug-likeness (QED) is 0.680. The Morgan fingerprint density at radius 2 is 2.31 bits per heavy atom. The van der Waals surface area contributed by atoms with Gasteiger partial charge in [-0.1, -0.05) is 0 Å². The van der Waals surface area contributed by atoms with Crippen molar-refractivity contribution in [3.05, 3.63) is 0 Å². The molecule has 1 fully saturated rings. The van der Waals surface area contributed by atoms with E-state index < -0.39 is 5.41 Å². The molecule has 1 rings (SSSR count). The molecule has 0 aliphatic carbocycles. The molecule has 0 radical (unpaired) electrons. The van der Waals surface area contributed by atoms with Gasteiger partial charge in [-0.25, -0.2) is 0 Å². The van der Waals surface area contributed by atoms with Gasteiger partial charge in [0.2, 0.25) is 0 Å². The number of esters is 1. The third-order valence-corrected chi connectivity index (χ3v) is 2.84. The number of methoxy groups -OCH3 is 1. The van der Waals surface area contributed by atoms with Gasteiger partial charge in [0.05, 0.1) is 25.2 Å². The number of hydrogen-bond acceptors (Lipinski definition) is 5. The fourth-order valence-corrected chi connectivity index (χ4v) is 1.97.